The maximum absolute atomic E-state index is 6.12. The van der Waals surface area contributed by atoms with E-state index in [0.717, 1.165) is 31.6 Å². The molecule has 20 heavy (non-hydrogen) atoms. The molecule has 1 fully saturated rings. The molecule has 0 radical (unpaired) electrons. The summed E-state index contributed by atoms with van der Waals surface area (Å²) < 4.78 is 1.90. The van der Waals surface area contributed by atoms with Gasteiger partial charge in [0.25, 0.3) is 0 Å². The summed E-state index contributed by atoms with van der Waals surface area (Å²) in [7, 11) is 0. The van der Waals surface area contributed by atoms with Gasteiger partial charge in [-0.2, -0.15) is 5.10 Å². The lowest BCUT2D eigenvalue weighted by Crippen LogP contribution is -2.35. The van der Waals surface area contributed by atoms with Crippen LogP contribution in [0.1, 0.15) is 24.6 Å². The van der Waals surface area contributed by atoms with Crippen LogP contribution in [0.25, 0.3) is 0 Å². The van der Waals surface area contributed by atoms with E-state index in [9.17, 15) is 0 Å². The highest BCUT2D eigenvalue weighted by molar-refractivity contribution is 6.33. The molecule has 0 atom stereocenters. The van der Waals surface area contributed by atoms with E-state index in [1.165, 1.54) is 5.69 Å². The highest BCUT2D eigenvalue weighted by atomic mass is 35.5. The maximum atomic E-state index is 6.12. The second-order valence-corrected chi connectivity index (χ2v) is 5.66. The number of nitrogen functional groups attached to an aromatic ring is 1. The molecule has 1 aromatic carbocycles. The Balaban J connectivity index is 1.71. The van der Waals surface area contributed by atoms with Gasteiger partial charge < -0.3 is 10.6 Å². The van der Waals surface area contributed by atoms with Crippen LogP contribution in [0.15, 0.2) is 30.3 Å². The Morgan fingerprint density at radius 1 is 1.20 bits per heavy atom. The van der Waals surface area contributed by atoms with Crippen molar-refractivity contribution in [3.63, 3.8) is 0 Å². The number of nitrogens with zero attached hydrogens (tertiary/aromatic N) is 3. The van der Waals surface area contributed by atoms with Gasteiger partial charge in [0.05, 0.1) is 11.7 Å². The number of hydrogen-bond acceptors (Lipinski definition) is 3. The van der Waals surface area contributed by atoms with Crippen molar-refractivity contribution in [1.82, 2.24) is 9.78 Å². The molecule has 1 aliphatic heterocycles. The molecule has 106 valence electrons. The zero-order chi connectivity index (χ0) is 14.1. The average Bonchev–Trinajstić information content (AvgIpc) is 2.76. The van der Waals surface area contributed by atoms with Gasteiger partial charge in [0.1, 0.15) is 10.8 Å². The lowest BCUT2D eigenvalue weighted by Gasteiger charge is -2.34. The summed E-state index contributed by atoms with van der Waals surface area (Å²) in [6.45, 7) is 3.93. The number of halogens is 1. The molecule has 2 heterocycles. The van der Waals surface area contributed by atoms with E-state index in [1.807, 2.05) is 17.7 Å². The Hall–Kier alpha value is -1.68. The van der Waals surface area contributed by atoms with Crippen molar-refractivity contribution in [3.05, 3.63) is 41.0 Å². The number of rotatable bonds is 2. The lowest BCUT2D eigenvalue weighted by molar-refractivity contribution is 0.370. The summed E-state index contributed by atoms with van der Waals surface area (Å²) in [5.41, 5.74) is 8.14. The topological polar surface area (TPSA) is 47.1 Å². The molecule has 5 heteroatoms. The van der Waals surface area contributed by atoms with E-state index in [2.05, 4.69) is 34.3 Å². The summed E-state index contributed by atoms with van der Waals surface area (Å²) in [5.74, 6) is 0.599. The fourth-order valence-corrected chi connectivity index (χ4v) is 2.96. The van der Waals surface area contributed by atoms with Crippen molar-refractivity contribution in [2.24, 2.45) is 0 Å². The first-order valence-electron chi connectivity index (χ1n) is 6.97. The number of benzene rings is 1. The first kappa shape index (κ1) is 13.3. The third-order valence-electron chi connectivity index (χ3n) is 3.98. The van der Waals surface area contributed by atoms with Gasteiger partial charge in [-0.25, -0.2) is 4.68 Å². The van der Waals surface area contributed by atoms with E-state index >= 15 is 0 Å². The molecule has 2 aromatic rings. The van der Waals surface area contributed by atoms with Crippen molar-refractivity contribution in [1.29, 1.82) is 0 Å². The molecule has 1 aromatic heterocycles. The number of aromatic nitrogens is 2. The Kier molecular flexibility index (Phi) is 3.57. The minimum absolute atomic E-state index is 0.348. The van der Waals surface area contributed by atoms with Crippen LogP contribution in [0.3, 0.4) is 0 Å². The van der Waals surface area contributed by atoms with Gasteiger partial charge in [-0.05, 0) is 31.9 Å². The Bertz CT molecular complexity index is 585. The van der Waals surface area contributed by atoms with E-state index in [1.54, 1.807) is 0 Å². The highest BCUT2D eigenvalue weighted by Gasteiger charge is 2.24. The number of para-hydroxylation sites is 1. The average molecular weight is 291 g/mol. The molecule has 3 rings (SSSR count). The molecular formula is C15H19ClN4. The second-order valence-electron chi connectivity index (χ2n) is 5.28. The predicted octanol–water partition coefficient (Wildman–Crippen LogP) is 3.27. The largest absolute Gasteiger partial charge is 0.383 e. The zero-order valence-corrected chi connectivity index (χ0v) is 12.3. The number of aryl methyl sites for hydroxylation is 1. The summed E-state index contributed by atoms with van der Waals surface area (Å²) in [5, 5.41) is 5.07. The highest BCUT2D eigenvalue weighted by Crippen LogP contribution is 2.31. The molecular weight excluding hydrogens is 272 g/mol. The standard InChI is InChI=1S/C15H19ClN4/c1-11-14(16)15(17)20(18-11)13-7-9-19(10-8-13)12-5-3-2-4-6-12/h2-6,13H,7-10,17H2,1H3. The summed E-state index contributed by atoms with van der Waals surface area (Å²) in [6, 6.07) is 10.9. The second kappa shape index (κ2) is 5.37. The van der Waals surface area contributed by atoms with Crippen molar-refractivity contribution in [2.45, 2.75) is 25.8 Å². The number of nitrogens with two attached hydrogens (primary N) is 1. The Morgan fingerprint density at radius 3 is 2.40 bits per heavy atom. The Labute approximate surface area is 124 Å². The SMILES string of the molecule is Cc1nn(C2CCN(c3ccccc3)CC2)c(N)c1Cl. The van der Waals surface area contributed by atoms with Crippen molar-refractivity contribution >= 4 is 23.1 Å². The normalized spacial score (nSPS) is 16.6. The van der Waals surface area contributed by atoms with Crippen LogP contribution in [0.5, 0.6) is 0 Å². The molecule has 1 saturated heterocycles. The maximum Gasteiger partial charge on any atom is 0.141 e. The molecule has 0 saturated carbocycles. The van der Waals surface area contributed by atoms with Crippen LogP contribution in [0.2, 0.25) is 5.02 Å². The van der Waals surface area contributed by atoms with Crippen LogP contribution in [-0.4, -0.2) is 22.9 Å². The molecule has 0 bridgehead atoms. The predicted molar refractivity (Wildman–Crippen MR) is 83.3 cm³/mol. The van der Waals surface area contributed by atoms with Gasteiger partial charge in [-0.1, -0.05) is 29.8 Å². The third-order valence-corrected chi connectivity index (χ3v) is 4.45. The fraction of sp³-hybridized carbons (Fsp3) is 0.400. The fourth-order valence-electron chi connectivity index (χ4n) is 2.83. The van der Waals surface area contributed by atoms with Crippen LogP contribution < -0.4 is 10.6 Å². The first-order chi connectivity index (χ1) is 9.66. The van der Waals surface area contributed by atoms with Gasteiger partial charge >= 0.3 is 0 Å². The molecule has 0 aliphatic carbocycles. The third kappa shape index (κ3) is 2.36. The smallest absolute Gasteiger partial charge is 0.141 e. The van der Waals surface area contributed by atoms with E-state index < -0.39 is 0 Å². The van der Waals surface area contributed by atoms with Crippen molar-refractivity contribution < 1.29 is 0 Å². The monoisotopic (exact) mass is 290 g/mol. The van der Waals surface area contributed by atoms with Gasteiger partial charge in [0.15, 0.2) is 0 Å². The van der Waals surface area contributed by atoms with Gasteiger partial charge in [0.2, 0.25) is 0 Å². The van der Waals surface area contributed by atoms with Gasteiger partial charge in [0, 0.05) is 18.8 Å². The van der Waals surface area contributed by atoms with Gasteiger partial charge in [-0.3, -0.25) is 0 Å². The lowest BCUT2D eigenvalue weighted by atomic mass is 10.0. The molecule has 4 nitrogen and oxygen atoms in total. The van der Waals surface area contributed by atoms with Crippen molar-refractivity contribution in [2.75, 3.05) is 23.7 Å². The van der Waals surface area contributed by atoms with E-state index in [0.29, 0.717) is 16.9 Å². The molecule has 0 amide bonds. The minimum atomic E-state index is 0.348. The van der Waals surface area contributed by atoms with Gasteiger partial charge in [-0.15, -0.1) is 0 Å². The number of piperidine rings is 1. The van der Waals surface area contributed by atoms with Crippen molar-refractivity contribution in [3.8, 4) is 0 Å². The van der Waals surface area contributed by atoms with E-state index in [4.69, 9.17) is 17.3 Å². The van der Waals surface area contributed by atoms with Crippen LogP contribution >= 0.6 is 11.6 Å². The Morgan fingerprint density at radius 2 is 1.85 bits per heavy atom. The minimum Gasteiger partial charge on any atom is -0.383 e. The summed E-state index contributed by atoms with van der Waals surface area (Å²) >= 11 is 6.12. The van der Waals surface area contributed by atoms with Crippen LogP contribution in [-0.2, 0) is 0 Å². The zero-order valence-electron chi connectivity index (χ0n) is 11.6. The van der Waals surface area contributed by atoms with E-state index in [-0.39, 0.29) is 0 Å². The summed E-state index contributed by atoms with van der Waals surface area (Å²) in [4.78, 5) is 2.41. The van der Waals surface area contributed by atoms with Crippen LogP contribution in [0, 0.1) is 6.92 Å². The van der Waals surface area contributed by atoms with Crippen LogP contribution in [0.4, 0.5) is 11.5 Å². The molecule has 2 N–H and O–H groups in total. The molecule has 0 spiro atoms. The molecule has 1 aliphatic rings. The molecule has 0 unspecified atom stereocenters. The number of anilines is 2. The quantitative estimate of drug-likeness (QED) is 0.923. The first-order valence-corrected chi connectivity index (χ1v) is 7.34. The number of hydrogen-bond donors (Lipinski definition) is 1. The summed E-state index contributed by atoms with van der Waals surface area (Å²) in [6.07, 6.45) is 2.08.